The molecule has 1 fully saturated rings. The number of aryl methyl sites for hydroxylation is 1. The number of nitrogens with one attached hydrogen (secondary N) is 1. The Morgan fingerprint density at radius 3 is 2.08 bits per heavy atom. The Hall–Kier alpha value is -0.830. The number of aromatic nitrogens is 2. The summed E-state index contributed by atoms with van der Waals surface area (Å²) in [4.78, 5) is 0. The molecule has 2 heterocycles. The molecule has 1 aromatic rings. The standard InChI is InChI=1S/C4H6N2.C4H8O.C2H6/c1-4-2-3-5-6-4;1-2-4-5-3-1;1-2/h2-3H,1H3,(H,5,6);1-4H2;1-2H3. The highest BCUT2D eigenvalue weighted by atomic mass is 16.5. The van der Waals surface area contributed by atoms with Gasteiger partial charge in [-0.05, 0) is 25.8 Å². The Balaban J connectivity index is 0.000000189. The third-order valence-electron chi connectivity index (χ3n) is 1.47. The molecule has 1 N–H and O–H groups in total. The van der Waals surface area contributed by atoms with E-state index in [1.54, 1.807) is 6.20 Å². The maximum atomic E-state index is 4.94. The Kier molecular flexibility index (Phi) is 8.67. The Morgan fingerprint density at radius 1 is 1.31 bits per heavy atom. The molecule has 0 saturated carbocycles. The topological polar surface area (TPSA) is 37.9 Å². The van der Waals surface area contributed by atoms with Gasteiger partial charge in [0.05, 0.1) is 0 Å². The van der Waals surface area contributed by atoms with E-state index in [1.807, 2.05) is 26.8 Å². The van der Waals surface area contributed by atoms with Crippen LogP contribution in [0.2, 0.25) is 0 Å². The van der Waals surface area contributed by atoms with Crippen LogP contribution in [-0.4, -0.2) is 23.4 Å². The van der Waals surface area contributed by atoms with Gasteiger partial charge in [-0.1, -0.05) is 13.8 Å². The van der Waals surface area contributed by atoms with Gasteiger partial charge in [-0.3, -0.25) is 5.10 Å². The van der Waals surface area contributed by atoms with Gasteiger partial charge in [0.2, 0.25) is 0 Å². The molecular formula is C10H20N2O. The van der Waals surface area contributed by atoms with Crippen LogP contribution in [0.4, 0.5) is 0 Å². The molecule has 0 aromatic carbocycles. The average molecular weight is 184 g/mol. The van der Waals surface area contributed by atoms with Crippen molar-refractivity contribution in [3.05, 3.63) is 18.0 Å². The highest BCUT2D eigenvalue weighted by Gasteiger charge is 1.94. The third kappa shape index (κ3) is 7.53. The molecule has 0 bridgehead atoms. The zero-order chi connectivity index (χ0) is 9.94. The number of hydrogen-bond donors (Lipinski definition) is 1. The number of aromatic amines is 1. The molecule has 0 aliphatic carbocycles. The maximum absolute atomic E-state index is 4.94. The first-order valence-corrected chi connectivity index (χ1v) is 4.93. The van der Waals surface area contributed by atoms with E-state index in [1.165, 1.54) is 12.8 Å². The highest BCUT2D eigenvalue weighted by molar-refractivity contribution is 4.91. The van der Waals surface area contributed by atoms with Gasteiger partial charge in [-0.25, -0.2) is 0 Å². The largest absolute Gasteiger partial charge is 0.381 e. The van der Waals surface area contributed by atoms with E-state index in [0.717, 1.165) is 18.9 Å². The van der Waals surface area contributed by atoms with Crippen molar-refractivity contribution in [1.29, 1.82) is 0 Å². The molecule has 1 aliphatic rings. The van der Waals surface area contributed by atoms with Crippen LogP contribution in [0.25, 0.3) is 0 Å². The van der Waals surface area contributed by atoms with Crippen LogP contribution in [0, 0.1) is 6.92 Å². The maximum Gasteiger partial charge on any atom is 0.0489 e. The molecular weight excluding hydrogens is 164 g/mol. The summed E-state index contributed by atoms with van der Waals surface area (Å²) in [5.41, 5.74) is 1.11. The smallest absolute Gasteiger partial charge is 0.0489 e. The molecule has 76 valence electrons. The van der Waals surface area contributed by atoms with E-state index in [9.17, 15) is 0 Å². The number of rotatable bonds is 0. The Morgan fingerprint density at radius 2 is 1.92 bits per heavy atom. The van der Waals surface area contributed by atoms with Crippen molar-refractivity contribution in [2.45, 2.75) is 33.6 Å². The van der Waals surface area contributed by atoms with E-state index in [-0.39, 0.29) is 0 Å². The first-order chi connectivity index (χ1) is 6.39. The van der Waals surface area contributed by atoms with E-state index in [4.69, 9.17) is 4.74 Å². The molecule has 1 aliphatic heterocycles. The van der Waals surface area contributed by atoms with Crippen LogP contribution in [-0.2, 0) is 4.74 Å². The summed E-state index contributed by atoms with van der Waals surface area (Å²) < 4.78 is 4.94. The van der Waals surface area contributed by atoms with Gasteiger partial charge in [0.15, 0.2) is 0 Å². The second-order valence-corrected chi connectivity index (χ2v) is 2.56. The fraction of sp³-hybridized carbons (Fsp3) is 0.700. The molecule has 0 amide bonds. The summed E-state index contributed by atoms with van der Waals surface area (Å²) in [5, 5.41) is 6.45. The van der Waals surface area contributed by atoms with Crippen molar-refractivity contribution in [1.82, 2.24) is 10.2 Å². The van der Waals surface area contributed by atoms with Crippen LogP contribution < -0.4 is 0 Å². The van der Waals surface area contributed by atoms with Crippen molar-refractivity contribution in [2.24, 2.45) is 0 Å². The minimum absolute atomic E-state index is 1.00. The lowest BCUT2D eigenvalue weighted by Gasteiger charge is -1.76. The van der Waals surface area contributed by atoms with Gasteiger partial charge in [0.25, 0.3) is 0 Å². The van der Waals surface area contributed by atoms with Gasteiger partial charge < -0.3 is 4.74 Å². The van der Waals surface area contributed by atoms with Gasteiger partial charge in [0, 0.05) is 25.1 Å². The SMILES string of the molecule is C1CCOC1.CC.Cc1ccn[nH]1. The molecule has 0 radical (unpaired) electrons. The minimum atomic E-state index is 1.00. The molecule has 0 atom stereocenters. The number of nitrogens with zero attached hydrogens (tertiary/aromatic N) is 1. The second-order valence-electron chi connectivity index (χ2n) is 2.56. The first-order valence-electron chi connectivity index (χ1n) is 4.93. The molecule has 0 unspecified atom stereocenters. The first kappa shape index (κ1) is 12.2. The zero-order valence-electron chi connectivity index (χ0n) is 8.84. The summed E-state index contributed by atoms with van der Waals surface area (Å²) in [5.74, 6) is 0. The lowest BCUT2D eigenvalue weighted by Crippen LogP contribution is -1.74. The molecule has 2 rings (SSSR count). The molecule has 13 heavy (non-hydrogen) atoms. The van der Waals surface area contributed by atoms with Crippen LogP contribution in [0.5, 0.6) is 0 Å². The minimum Gasteiger partial charge on any atom is -0.381 e. The van der Waals surface area contributed by atoms with Gasteiger partial charge in [0.1, 0.15) is 0 Å². The molecule has 1 saturated heterocycles. The third-order valence-corrected chi connectivity index (χ3v) is 1.47. The fourth-order valence-corrected chi connectivity index (χ4v) is 0.836. The Bertz CT molecular complexity index is 161. The normalized spacial score (nSPS) is 13.8. The predicted octanol–water partition coefficient (Wildman–Crippen LogP) is 2.54. The predicted molar refractivity (Wildman–Crippen MR) is 54.7 cm³/mol. The molecule has 0 spiro atoms. The van der Waals surface area contributed by atoms with Crippen molar-refractivity contribution in [2.75, 3.05) is 13.2 Å². The van der Waals surface area contributed by atoms with Crippen LogP contribution in [0.3, 0.4) is 0 Å². The summed E-state index contributed by atoms with van der Waals surface area (Å²) in [7, 11) is 0. The molecule has 3 heteroatoms. The van der Waals surface area contributed by atoms with Crippen molar-refractivity contribution in [3.8, 4) is 0 Å². The van der Waals surface area contributed by atoms with E-state index < -0.39 is 0 Å². The van der Waals surface area contributed by atoms with Crippen LogP contribution >= 0.6 is 0 Å². The van der Waals surface area contributed by atoms with Gasteiger partial charge in [-0.15, -0.1) is 0 Å². The van der Waals surface area contributed by atoms with Crippen LogP contribution in [0.15, 0.2) is 12.3 Å². The molecule has 1 aromatic heterocycles. The second kappa shape index (κ2) is 9.26. The van der Waals surface area contributed by atoms with Crippen LogP contribution in [0.1, 0.15) is 32.4 Å². The van der Waals surface area contributed by atoms with Gasteiger partial charge >= 0.3 is 0 Å². The lowest BCUT2D eigenvalue weighted by molar-refractivity contribution is 0.198. The fourth-order valence-electron chi connectivity index (χ4n) is 0.836. The summed E-state index contributed by atoms with van der Waals surface area (Å²) in [6.45, 7) is 7.97. The summed E-state index contributed by atoms with van der Waals surface area (Å²) >= 11 is 0. The van der Waals surface area contributed by atoms with Crippen molar-refractivity contribution in [3.63, 3.8) is 0 Å². The number of hydrogen-bond acceptors (Lipinski definition) is 2. The number of ether oxygens (including phenoxy) is 1. The Labute approximate surface area is 80.5 Å². The molecule has 3 nitrogen and oxygen atoms in total. The summed E-state index contributed by atoms with van der Waals surface area (Å²) in [6, 6.07) is 1.92. The van der Waals surface area contributed by atoms with E-state index >= 15 is 0 Å². The lowest BCUT2D eigenvalue weighted by atomic mass is 10.4. The number of H-pyrrole nitrogens is 1. The summed E-state index contributed by atoms with van der Waals surface area (Å²) in [6.07, 6.45) is 4.29. The average Bonchev–Trinajstić information content (AvgIpc) is 2.81. The van der Waals surface area contributed by atoms with E-state index in [0.29, 0.717) is 0 Å². The quantitative estimate of drug-likeness (QED) is 0.673. The highest BCUT2D eigenvalue weighted by Crippen LogP contribution is 1.98. The van der Waals surface area contributed by atoms with Gasteiger partial charge in [-0.2, -0.15) is 5.10 Å². The zero-order valence-corrected chi connectivity index (χ0v) is 8.84. The van der Waals surface area contributed by atoms with Crippen molar-refractivity contribution >= 4 is 0 Å². The monoisotopic (exact) mass is 184 g/mol. The van der Waals surface area contributed by atoms with Crippen molar-refractivity contribution < 1.29 is 4.74 Å². The van der Waals surface area contributed by atoms with E-state index in [2.05, 4.69) is 10.2 Å².